The topological polar surface area (TPSA) is 41.5 Å². The average Bonchev–Trinajstić information content (AvgIpc) is 2.62. The molecule has 0 aromatic heterocycles. The number of aliphatic imine (C=N–C) groups is 1. The number of amides is 1. The van der Waals surface area contributed by atoms with E-state index in [1.54, 1.807) is 0 Å². The standard InChI is InChI=1S/C16H20N2O/c1-10(2)7-15-17-14(16(19)18-15)9-13-6-5-11(3)8-12(13)4/h5-6,8-10H,7H2,1-4H3,(H,17,18,19)/b14-9-. The van der Waals surface area contributed by atoms with Crippen LogP contribution in [-0.4, -0.2) is 11.7 Å². The maximum atomic E-state index is 11.9. The summed E-state index contributed by atoms with van der Waals surface area (Å²) in [4.78, 5) is 16.2. The van der Waals surface area contributed by atoms with Crippen molar-refractivity contribution in [3.63, 3.8) is 0 Å². The molecular weight excluding hydrogens is 236 g/mol. The summed E-state index contributed by atoms with van der Waals surface area (Å²) in [7, 11) is 0. The molecule has 1 aliphatic heterocycles. The zero-order valence-electron chi connectivity index (χ0n) is 11.9. The number of aryl methyl sites for hydroxylation is 2. The zero-order valence-corrected chi connectivity index (χ0v) is 11.9. The summed E-state index contributed by atoms with van der Waals surface area (Å²) in [5.74, 6) is 1.16. The number of benzene rings is 1. The second-order valence-corrected chi connectivity index (χ2v) is 5.50. The monoisotopic (exact) mass is 256 g/mol. The number of carbonyl (C=O) groups is 1. The molecule has 3 heteroatoms. The molecule has 0 spiro atoms. The molecule has 0 aliphatic carbocycles. The van der Waals surface area contributed by atoms with Crippen LogP contribution >= 0.6 is 0 Å². The third-order valence-corrected chi connectivity index (χ3v) is 3.06. The van der Waals surface area contributed by atoms with Gasteiger partial charge in [0, 0.05) is 6.42 Å². The van der Waals surface area contributed by atoms with E-state index < -0.39 is 0 Å². The first kappa shape index (κ1) is 13.5. The lowest BCUT2D eigenvalue weighted by atomic mass is 10.0. The summed E-state index contributed by atoms with van der Waals surface area (Å²) >= 11 is 0. The van der Waals surface area contributed by atoms with E-state index in [1.165, 1.54) is 5.56 Å². The Labute approximate surface area is 114 Å². The SMILES string of the molecule is Cc1ccc(/C=C2\N=C(CC(C)C)NC2=O)c(C)c1. The minimum Gasteiger partial charge on any atom is -0.309 e. The highest BCUT2D eigenvalue weighted by Crippen LogP contribution is 2.18. The van der Waals surface area contributed by atoms with Gasteiger partial charge < -0.3 is 5.32 Å². The molecule has 2 rings (SSSR count). The Morgan fingerprint density at radius 2 is 2.05 bits per heavy atom. The summed E-state index contributed by atoms with van der Waals surface area (Å²) < 4.78 is 0. The average molecular weight is 256 g/mol. The molecule has 1 N–H and O–H groups in total. The molecule has 0 unspecified atom stereocenters. The van der Waals surface area contributed by atoms with Crippen molar-refractivity contribution < 1.29 is 4.79 Å². The number of hydrogen-bond donors (Lipinski definition) is 1. The molecule has 0 atom stereocenters. The first-order valence-corrected chi connectivity index (χ1v) is 6.63. The van der Waals surface area contributed by atoms with Crippen molar-refractivity contribution in [3.05, 3.63) is 40.6 Å². The van der Waals surface area contributed by atoms with Crippen LogP contribution in [0, 0.1) is 19.8 Å². The smallest absolute Gasteiger partial charge is 0.275 e. The highest BCUT2D eigenvalue weighted by molar-refractivity contribution is 6.14. The van der Waals surface area contributed by atoms with Crippen LogP contribution in [0.2, 0.25) is 0 Å². The van der Waals surface area contributed by atoms with Gasteiger partial charge in [0.05, 0.1) is 0 Å². The van der Waals surface area contributed by atoms with E-state index in [9.17, 15) is 4.79 Å². The molecule has 0 bridgehead atoms. The first-order valence-electron chi connectivity index (χ1n) is 6.63. The maximum absolute atomic E-state index is 11.9. The van der Waals surface area contributed by atoms with Gasteiger partial charge in [-0.1, -0.05) is 37.6 Å². The van der Waals surface area contributed by atoms with E-state index >= 15 is 0 Å². The Hall–Kier alpha value is -1.90. The van der Waals surface area contributed by atoms with Crippen molar-refractivity contribution >= 4 is 17.8 Å². The van der Waals surface area contributed by atoms with Crippen LogP contribution in [0.25, 0.3) is 6.08 Å². The van der Waals surface area contributed by atoms with Crippen LogP contribution in [0.1, 0.15) is 37.0 Å². The Bertz CT molecular complexity index is 568. The second-order valence-electron chi connectivity index (χ2n) is 5.50. The highest BCUT2D eigenvalue weighted by Gasteiger charge is 2.20. The number of amidine groups is 1. The van der Waals surface area contributed by atoms with Crippen LogP contribution in [0.15, 0.2) is 28.9 Å². The largest absolute Gasteiger partial charge is 0.309 e. The number of rotatable bonds is 3. The molecule has 19 heavy (non-hydrogen) atoms. The van der Waals surface area contributed by atoms with E-state index in [0.717, 1.165) is 23.4 Å². The van der Waals surface area contributed by atoms with Crippen molar-refractivity contribution in [1.29, 1.82) is 0 Å². The molecule has 1 aliphatic rings. The van der Waals surface area contributed by atoms with Gasteiger partial charge in [0.25, 0.3) is 5.91 Å². The quantitative estimate of drug-likeness (QED) is 0.829. The third-order valence-electron chi connectivity index (χ3n) is 3.06. The molecule has 1 heterocycles. The Morgan fingerprint density at radius 3 is 2.68 bits per heavy atom. The Balaban J connectivity index is 2.28. The maximum Gasteiger partial charge on any atom is 0.275 e. The van der Waals surface area contributed by atoms with Gasteiger partial charge in [0.15, 0.2) is 0 Å². The van der Waals surface area contributed by atoms with Gasteiger partial charge in [-0.25, -0.2) is 4.99 Å². The van der Waals surface area contributed by atoms with Gasteiger partial charge in [-0.05, 0) is 37.0 Å². The molecule has 3 nitrogen and oxygen atoms in total. The molecule has 1 aromatic rings. The molecule has 0 saturated carbocycles. The lowest BCUT2D eigenvalue weighted by molar-refractivity contribution is -0.115. The van der Waals surface area contributed by atoms with E-state index in [2.05, 4.69) is 37.1 Å². The minimum absolute atomic E-state index is 0.101. The van der Waals surface area contributed by atoms with Crippen molar-refractivity contribution in [1.82, 2.24) is 5.32 Å². The molecule has 100 valence electrons. The van der Waals surface area contributed by atoms with Crippen LogP contribution in [0.3, 0.4) is 0 Å². The number of hydrogen-bond acceptors (Lipinski definition) is 2. The van der Waals surface area contributed by atoms with Crippen molar-refractivity contribution in [2.45, 2.75) is 34.1 Å². The van der Waals surface area contributed by atoms with E-state index in [-0.39, 0.29) is 5.91 Å². The summed E-state index contributed by atoms with van der Waals surface area (Å²) in [6.45, 7) is 8.33. The van der Waals surface area contributed by atoms with Gasteiger partial charge in [0.2, 0.25) is 0 Å². The summed E-state index contributed by atoms with van der Waals surface area (Å²) in [6, 6.07) is 6.18. The van der Waals surface area contributed by atoms with Gasteiger partial charge in [-0.15, -0.1) is 0 Å². The highest BCUT2D eigenvalue weighted by atomic mass is 16.2. The van der Waals surface area contributed by atoms with E-state index in [1.807, 2.05) is 25.1 Å². The molecule has 1 amide bonds. The van der Waals surface area contributed by atoms with Crippen molar-refractivity contribution in [2.75, 3.05) is 0 Å². The summed E-state index contributed by atoms with van der Waals surface area (Å²) in [5, 5.41) is 2.83. The summed E-state index contributed by atoms with van der Waals surface area (Å²) in [6.07, 6.45) is 2.66. The van der Waals surface area contributed by atoms with E-state index in [4.69, 9.17) is 0 Å². The zero-order chi connectivity index (χ0) is 14.0. The van der Waals surface area contributed by atoms with Crippen molar-refractivity contribution in [3.8, 4) is 0 Å². The van der Waals surface area contributed by atoms with Gasteiger partial charge in [0.1, 0.15) is 11.5 Å². The fraction of sp³-hybridized carbons (Fsp3) is 0.375. The van der Waals surface area contributed by atoms with Crippen molar-refractivity contribution in [2.24, 2.45) is 10.9 Å². The second kappa shape index (κ2) is 5.39. The predicted molar refractivity (Wildman–Crippen MR) is 78.9 cm³/mol. The summed E-state index contributed by atoms with van der Waals surface area (Å²) in [5.41, 5.74) is 3.93. The van der Waals surface area contributed by atoms with Crippen LogP contribution in [0.5, 0.6) is 0 Å². The van der Waals surface area contributed by atoms with Crippen LogP contribution in [-0.2, 0) is 4.79 Å². The molecule has 0 radical (unpaired) electrons. The minimum atomic E-state index is -0.101. The molecular formula is C16H20N2O. The number of nitrogens with zero attached hydrogens (tertiary/aromatic N) is 1. The predicted octanol–water partition coefficient (Wildman–Crippen LogP) is 3.22. The fourth-order valence-corrected chi connectivity index (χ4v) is 2.14. The van der Waals surface area contributed by atoms with Gasteiger partial charge in [-0.2, -0.15) is 0 Å². The lowest BCUT2D eigenvalue weighted by Crippen LogP contribution is -2.24. The van der Waals surface area contributed by atoms with E-state index in [0.29, 0.717) is 11.6 Å². The van der Waals surface area contributed by atoms with Gasteiger partial charge in [-0.3, -0.25) is 4.79 Å². The van der Waals surface area contributed by atoms with Crippen LogP contribution in [0.4, 0.5) is 0 Å². The molecule has 1 aromatic carbocycles. The number of carbonyl (C=O) groups excluding carboxylic acids is 1. The fourth-order valence-electron chi connectivity index (χ4n) is 2.14. The third kappa shape index (κ3) is 3.31. The number of nitrogens with one attached hydrogen (secondary N) is 1. The molecule has 0 saturated heterocycles. The van der Waals surface area contributed by atoms with Gasteiger partial charge >= 0.3 is 0 Å². The lowest BCUT2D eigenvalue weighted by Gasteiger charge is -2.02. The Kier molecular flexibility index (Phi) is 3.84. The first-order chi connectivity index (χ1) is 8.95. The molecule has 0 fully saturated rings. The Morgan fingerprint density at radius 1 is 1.32 bits per heavy atom. The normalized spacial score (nSPS) is 17.0. The van der Waals surface area contributed by atoms with Crippen LogP contribution < -0.4 is 5.32 Å².